The number of carboxylic acids is 1. The number of rotatable bonds is 8. The number of benzene rings is 2. The smallest absolute Gasteiger partial charge is 0.243 e. The molecule has 3 rings (SSSR count). The summed E-state index contributed by atoms with van der Waals surface area (Å²) in [7, 11) is 4.66. The Kier molecular flexibility index (Phi) is 6.56. The molecule has 2 aromatic carbocycles. The normalized spacial score (nSPS) is 15.5. The van der Waals surface area contributed by atoms with Crippen molar-refractivity contribution in [3.05, 3.63) is 53.6 Å². The summed E-state index contributed by atoms with van der Waals surface area (Å²) in [5.41, 5.74) is 2.25. The first-order valence-corrected chi connectivity index (χ1v) is 9.43. The van der Waals surface area contributed by atoms with Crippen LogP contribution in [0, 0.1) is 0 Å². The number of hydrogen-bond acceptors (Lipinski definition) is 7. The van der Waals surface area contributed by atoms with Crippen LogP contribution in [0.25, 0.3) is 0 Å². The first kappa shape index (κ1) is 21.2. The van der Waals surface area contributed by atoms with E-state index in [0.29, 0.717) is 29.4 Å². The lowest BCUT2D eigenvalue weighted by atomic mass is 9.97. The SMILES string of the molecule is COc1ccc(C2=NN(C(=O)CCC(=O)[O-])[C@@H](c3ccccc3OC)C2)cc1OC. The monoisotopic (exact) mass is 411 g/mol. The van der Waals surface area contributed by atoms with Gasteiger partial charge in [0.15, 0.2) is 11.5 Å². The number of nitrogens with zero attached hydrogens (tertiary/aromatic N) is 2. The molecule has 0 saturated carbocycles. The molecule has 1 amide bonds. The van der Waals surface area contributed by atoms with Crippen LogP contribution in [0.2, 0.25) is 0 Å². The zero-order valence-corrected chi connectivity index (χ0v) is 17.1. The molecular weight excluding hydrogens is 388 g/mol. The summed E-state index contributed by atoms with van der Waals surface area (Å²) < 4.78 is 16.1. The molecule has 158 valence electrons. The Hall–Kier alpha value is -3.55. The average molecular weight is 411 g/mol. The van der Waals surface area contributed by atoms with Crippen LogP contribution < -0.4 is 19.3 Å². The maximum atomic E-state index is 12.8. The van der Waals surface area contributed by atoms with Gasteiger partial charge in [-0.2, -0.15) is 5.10 Å². The molecular formula is C22H23N2O6-. The highest BCUT2D eigenvalue weighted by Crippen LogP contribution is 2.39. The van der Waals surface area contributed by atoms with Gasteiger partial charge in [-0.15, -0.1) is 0 Å². The minimum absolute atomic E-state index is 0.198. The van der Waals surface area contributed by atoms with Crippen molar-refractivity contribution in [1.82, 2.24) is 5.01 Å². The molecule has 0 aliphatic carbocycles. The van der Waals surface area contributed by atoms with Gasteiger partial charge in [-0.1, -0.05) is 18.2 Å². The van der Waals surface area contributed by atoms with Gasteiger partial charge in [0, 0.05) is 29.9 Å². The molecule has 0 unspecified atom stereocenters. The van der Waals surface area contributed by atoms with Crippen LogP contribution in [0.4, 0.5) is 0 Å². The average Bonchev–Trinajstić information content (AvgIpc) is 3.22. The van der Waals surface area contributed by atoms with Crippen molar-refractivity contribution in [3.63, 3.8) is 0 Å². The van der Waals surface area contributed by atoms with E-state index in [1.54, 1.807) is 33.5 Å². The molecule has 0 bridgehead atoms. The van der Waals surface area contributed by atoms with Crippen molar-refractivity contribution in [2.24, 2.45) is 5.10 Å². The number of hydrogen-bond donors (Lipinski definition) is 0. The highest BCUT2D eigenvalue weighted by Gasteiger charge is 2.34. The number of carbonyl (C=O) groups is 2. The van der Waals surface area contributed by atoms with Crippen LogP contribution in [-0.2, 0) is 9.59 Å². The highest BCUT2D eigenvalue weighted by atomic mass is 16.5. The van der Waals surface area contributed by atoms with Crippen molar-refractivity contribution in [2.75, 3.05) is 21.3 Å². The zero-order chi connectivity index (χ0) is 21.7. The van der Waals surface area contributed by atoms with Crippen LogP contribution in [0.15, 0.2) is 47.6 Å². The fourth-order valence-electron chi connectivity index (χ4n) is 3.44. The second kappa shape index (κ2) is 9.30. The minimum Gasteiger partial charge on any atom is -0.550 e. The summed E-state index contributed by atoms with van der Waals surface area (Å²) in [6.45, 7) is 0. The van der Waals surface area contributed by atoms with E-state index >= 15 is 0 Å². The van der Waals surface area contributed by atoms with Crippen molar-refractivity contribution < 1.29 is 28.9 Å². The number of carbonyl (C=O) groups excluding carboxylic acids is 2. The number of ether oxygens (including phenoxy) is 3. The highest BCUT2D eigenvalue weighted by molar-refractivity contribution is 6.03. The summed E-state index contributed by atoms with van der Waals surface area (Å²) in [4.78, 5) is 23.6. The van der Waals surface area contributed by atoms with E-state index in [9.17, 15) is 14.7 Å². The van der Waals surface area contributed by atoms with E-state index in [0.717, 1.165) is 11.1 Å². The van der Waals surface area contributed by atoms with Crippen molar-refractivity contribution in [1.29, 1.82) is 0 Å². The topological polar surface area (TPSA) is 100 Å². The lowest BCUT2D eigenvalue weighted by Crippen LogP contribution is -2.30. The summed E-state index contributed by atoms with van der Waals surface area (Å²) in [5.74, 6) is 0.0892. The van der Waals surface area contributed by atoms with Crippen LogP contribution in [0.3, 0.4) is 0 Å². The molecule has 0 fully saturated rings. The molecule has 0 saturated heterocycles. The molecule has 2 aromatic rings. The third kappa shape index (κ3) is 4.37. The van der Waals surface area contributed by atoms with Crippen molar-refractivity contribution in [2.45, 2.75) is 25.3 Å². The van der Waals surface area contributed by atoms with E-state index in [2.05, 4.69) is 5.10 Å². The van der Waals surface area contributed by atoms with Gasteiger partial charge in [-0.25, -0.2) is 5.01 Å². The molecule has 1 aliphatic rings. The third-order valence-corrected chi connectivity index (χ3v) is 4.92. The number of carboxylic acid groups (broad SMARTS) is 1. The van der Waals surface area contributed by atoms with Crippen molar-refractivity contribution >= 4 is 17.6 Å². The van der Waals surface area contributed by atoms with E-state index in [1.807, 2.05) is 30.3 Å². The molecule has 1 atom stereocenters. The molecule has 0 radical (unpaired) electrons. The molecule has 0 aromatic heterocycles. The second-order valence-corrected chi connectivity index (χ2v) is 6.69. The van der Waals surface area contributed by atoms with E-state index in [1.165, 1.54) is 5.01 Å². The summed E-state index contributed by atoms with van der Waals surface area (Å²) >= 11 is 0. The van der Waals surface area contributed by atoms with E-state index in [-0.39, 0.29) is 12.8 Å². The Labute approximate surface area is 174 Å². The van der Waals surface area contributed by atoms with Gasteiger partial charge in [0.05, 0.1) is 33.1 Å². The standard InChI is InChI=1S/C22H24N2O6/c1-28-18-7-5-4-6-15(18)17-13-16(23-24(17)21(25)10-11-22(26)27)14-8-9-19(29-2)20(12-14)30-3/h4-9,12,17H,10-11,13H2,1-3H3,(H,26,27)/p-1/t17-/m1/s1. The van der Waals surface area contributed by atoms with Gasteiger partial charge in [-0.3, -0.25) is 4.79 Å². The number of hydrazone groups is 1. The molecule has 0 N–H and O–H groups in total. The predicted octanol–water partition coefficient (Wildman–Crippen LogP) is 1.92. The number of aliphatic carboxylic acids is 1. The summed E-state index contributed by atoms with van der Waals surface area (Å²) in [6.07, 6.45) is -0.126. The van der Waals surface area contributed by atoms with Gasteiger partial charge >= 0.3 is 0 Å². The maximum Gasteiger partial charge on any atom is 0.243 e. The maximum absolute atomic E-state index is 12.8. The van der Waals surface area contributed by atoms with Gasteiger partial charge in [-0.05, 0) is 30.7 Å². The fourth-order valence-corrected chi connectivity index (χ4v) is 3.44. The van der Waals surface area contributed by atoms with E-state index in [4.69, 9.17) is 14.2 Å². The first-order valence-electron chi connectivity index (χ1n) is 9.43. The predicted molar refractivity (Wildman–Crippen MR) is 108 cm³/mol. The Morgan fingerprint density at radius 2 is 1.70 bits per heavy atom. The van der Waals surface area contributed by atoms with Gasteiger partial charge < -0.3 is 24.1 Å². The second-order valence-electron chi connectivity index (χ2n) is 6.69. The third-order valence-electron chi connectivity index (χ3n) is 4.92. The summed E-state index contributed by atoms with van der Waals surface area (Å²) in [6, 6.07) is 12.4. The first-order chi connectivity index (χ1) is 14.5. The molecule has 8 heteroatoms. The van der Waals surface area contributed by atoms with E-state index < -0.39 is 17.9 Å². The van der Waals surface area contributed by atoms with Gasteiger partial charge in [0.25, 0.3) is 0 Å². The Balaban J connectivity index is 1.98. The number of amides is 1. The largest absolute Gasteiger partial charge is 0.550 e. The molecule has 8 nitrogen and oxygen atoms in total. The lowest BCUT2D eigenvalue weighted by molar-refractivity contribution is -0.305. The Bertz CT molecular complexity index is 972. The Morgan fingerprint density at radius 1 is 1.00 bits per heavy atom. The quantitative estimate of drug-likeness (QED) is 0.658. The zero-order valence-electron chi connectivity index (χ0n) is 17.1. The Morgan fingerprint density at radius 3 is 2.37 bits per heavy atom. The molecule has 1 aliphatic heterocycles. The number of para-hydroxylation sites is 1. The van der Waals surface area contributed by atoms with Gasteiger partial charge in [0.2, 0.25) is 5.91 Å². The van der Waals surface area contributed by atoms with Crippen LogP contribution in [0.5, 0.6) is 17.2 Å². The minimum atomic E-state index is -1.28. The van der Waals surface area contributed by atoms with Gasteiger partial charge in [0.1, 0.15) is 5.75 Å². The fraction of sp³-hybridized carbons (Fsp3) is 0.318. The van der Waals surface area contributed by atoms with Crippen LogP contribution >= 0.6 is 0 Å². The lowest BCUT2D eigenvalue weighted by Gasteiger charge is -2.23. The molecule has 0 spiro atoms. The van der Waals surface area contributed by atoms with Crippen molar-refractivity contribution in [3.8, 4) is 17.2 Å². The number of methoxy groups -OCH3 is 3. The molecule has 1 heterocycles. The van der Waals surface area contributed by atoms with Crippen LogP contribution in [0.1, 0.15) is 36.4 Å². The molecule has 30 heavy (non-hydrogen) atoms. The summed E-state index contributed by atoms with van der Waals surface area (Å²) in [5, 5.41) is 16.7. The van der Waals surface area contributed by atoms with Crippen LogP contribution in [-0.4, -0.2) is 43.9 Å².